The van der Waals surface area contributed by atoms with Gasteiger partial charge in [-0.3, -0.25) is 0 Å². The van der Waals surface area contributed by atoms with Crippen LogP contribution in [-0.2, 0) is 12.8 Å². The fourth-order valence-corrected chi connectivity index (χ4v) is 4.31. The lowest BCUT2D eigenvalue weighted by Gasteiger charge is -2.26. The van der Waals surface area contributed by atoms with E-state index in [1.165, 1.54) is 34.1 Å². The Kier molecular flexibility index (Phi) is 2.93. The van der Waals surface area contributed by atoms with Crippen LogP contribution < -0.4 is 5.32 Å². The van der Waals surface area contributed by atoms with Crippen molar-refractivity contribution in [2.24, 2.45) is 0 Å². The second kappa shape index (κ2) is 4.76. The summed E-state index contributed by atoms with van der Waals surface area (Å²) in [4.78, 5) is 8.97. The number of nitrogens with zero attached hydrogens (tertiary/aromatic N) is 2. The van der Waals surface area contributed by atoms with E-state index in [1.807, 2.05) is 11.3 Å². The van der Waals surface area contributed by atoms with Gasteiger partial charge in [0.05, 0.1) is 10.7 Å². The molecule has 0 saturated carbocycles. The van der Waals surface area contributed by atoms with Crippen molar-refractivity contribution < 1.29 is 0 Å². The van der Waals surface area contributed by atoms with E-state index in [1.54, 1.807) is 0 Å². The molecule has 4 heteroatoms. The maximum absolute atomic E-state index is 4.94. The third kappa shape index (κ3) is 2.13. The highest BCUT2D eigenvalue weighted by Gasteiger charge is 2.24. The van der Waals surface area contributed by atoms with Crippen LogP contribution in [0, 0.1) is 0 Å². The number of aromatic nitrogens is 1. The summed E-state index contributed by atoms with van der Waals surface area (Å²) in [6, 6.07) is 0. The van der Waals surface area contributed by atoms with E-state index in [9.17, 15) is 0 Å². The van der Waals surface area contributed by atoms with Crippen molar-refractivity contribution in [1.29, 1.82) is 0 Å². The van der Waals surface area contributed by atoms with Gasteiger partial charge in [-0.1, -0.05) is 6.08 Å². The van der Waals surface area contributed by atoms with Crippen LogP contribution in [0.15, 0.2) is 23.9 Å². The lowest BCUT2D eigenvalue weighted by atomic mass is 10.1. The summed E-state index contributed by atoms with van der Waals surface area (Å²) in [5.41, 5.74) is 2.77. The van der Waals surface area contributed by atoms with E-state index in [2.05, 4.69) is 28.4 Å². The van der Waals surface area contributed by atoms with Crippen molar-refractivity contribution in [3.8, 4) is 0 Å². The quantitative estimate of drug-likeness (QED) is 0.894. The average Bonchev–Trinajstić information content (AvgIpc) is 2.96. The van der Waals surface area contributed by atoms with Gasteiger partial charge in [0.2, 0.25) is 0 Å². The first-order chi connectivity index (χ1) is 9.40. The topological polar surface area (TPSA) is 28.2 Å². The molecule has 1 atom stereocenters. The van der Waals surface area contributed by atoms with E-state index < -0.39 is 0 Å². The smallest absolute Gasteiger partial charge is 0.0975 e. The minimum atomic E-state index is 0.672. The summed E-state index contributed by atoms with van der Waals surface area (Å²) in [6.45, 7) is 4.54. The highest BCUT2D eigenvalue weighted by atomic mass is 32.1. The van der Waals surface area contributed by atoms with Gasteiger partial charge in [0.1, 0.15) is 0 Å². The largest absolute Gasteiger partial charge is 0.371 e. The average molecular weight is 273 g/mol. The molecule has 19 heavy (non-hydrogen) atoms. The number of rotatable bonds is 2. The molecule has 100 valence electrons. The number of nitrogens with one attached hydrogen (secondary N) is 1. The van der Waals surface area contributed by atoms with Crippen LogP contribution in [0.4, 0.5) is 0 Å². The molecule has 4 rings (SSSR count). The maximum Gasteiger partial charge on any atom is 0.0975 e. The van der Waals surface area contributed by atoms with Gasteiger partial charge in [0.25, 0.3) is 0 Å². The first-order valence-corrected chi connectivity index (χ1v) is 8.04. The minimum Gasteiger partial charge on any atom is -0.371 e. The van der Waals surface area contributed by atoms with E-state index in [0.29, 0.717) is 5.92 Å². The normalized spacial score (nSPS) is 25.8. The monoisotopic (exact) mass is 273 g/mol. The Morgan fingerprint density at radius 2 is 2.21 bits per heavy atom. The number of hydrogen-bond acceptors (Lipinski definition) is 4. The van der Waals surface area contributed by atoms with Gasteiger partial charge in [0, 0.05) is 49.0 Å². The lowest BCUT2D eigenvalue weighted by molar-refractivity contribution is 0.369. The first-order valence-electron chi connectivity index (χ1n) is 7.22. The molecule has 1 saturated heterocycles. The van der Waals surface area contributed by atoms with Gasteiger partial charge in [-0.05, 0) is 25.1 Å². The zero-order valence-corrected chi connectivity index (χ0v) is 11.9. The zero-order valence-electron chi connectivity index (χ0n) is 11.1. The van der Waals surface area contributed by atoms with Crippen molar-refractivity contribution >= 4 is 11.3 Å². The number of fused-ring (bicyclic) bond motifs is 1. The van der Waals surface area contributed by atoms with Crippen LogP contribution in [0.5, 0.6) is 0 Å². The molecule has 1 aliphatic carbocycles. The third-order valence-electron chi connectivity index (χ3n) is 4.33. The third-order valence-corrected chi connectivity index (χ3v) is 5.65. The summed E-state index contributed by atoms with van der Waals surface area (Å²) in [6.07, 6.45) is 10.1. The zero-order chi connectivity index (χ0) is 12.7. The number of allylic oxidation sites excluding steroid dienone is 3. The van der Waals surface area contributed by atoms with Gasteiger partial charge in [-0.15, -0.1) is 11.3 Å². The van der Waals surface area contributed by atoms with Crippen LogP contribution in [0.25, 0.3) is 0 Å². The Morgan fingerprint density at radius 1 is 1.32 bits per heavy atom. The molecule has 0 spiro atoms. The lowest BCUT2D eigenvalue weighted by Crippen LogP contribution is -2.26. The molecule has 1 aromatic heterocycles. The van der Waals surface area contributed by atoms with E-state index in [0.717, 1.165) is 32.6 Å². The van der Waals surface area contributed by atoms with Crippen molar-refractivity contribution in [3.63, 3.8) is 0 Å². The fourth-order valence-electron chi connectivity index (χ4n) is 3.07. The first kappa shape index (κ1) is 11.7. The van der Waals surface area contributed by atoms with Gasteiger partial charge in [-0.2, -0.15) is 0 Å². The summed E-state index contributed by atoms with van der Waals surface area (Å²) in [5, 5.41) is 4.82. The van der Waals surface area contributed by atoms with Gasteiger partial charge >= 0.3 is 0 Å². The van der Waals surface area contributed by atoms with E-state index in [-0.39, 0.29) is 0 Å². The molecule has 0 radical (unpaired) electrons. The second-order valence-electron chi connectivity index (χ2n) is 5.55. The van der Waals surface area contributed by atoms with Crippen molar-refractivity contribution in [2.75, 3.05) is 26.2 Å². The minimum absolute atomic E-state index is 0.672. The molecule has 1 aromatic rings. The van der Waals surface area contributed by atoms with Gasteiger partial charge < -0.3 is 10.2 Å². The molecule has 0 bridgehead atoms. The number of thiazole rings is 1. The molecule has 1 unspecified atom stereocenters. The maximum atomic E-state index is 4.94. The number of hydrogen-bond donors (Lipinski definition) is 1. The van der Waals surface area contributed by atoms with Gasteiger partial charge in [-0.25, -0.2) is 4.98 Å². The van der Waals surface area contributed by atoms with Crippen molar-refractivity contribution in [3.05, 3.63) is 39.5 Å². The molecule has 3 heterocycles. The van der Waals surface area contributed by atoms with Crippen LogP contribution in [-0.4, -0.2) is 36.1 Å². The Labute approximate surface area is 118 Å². The van der Waals surface area contributed by atoms with Crippen molar-refractivity contribution in [1.82, 2.24) is 15.2 Å². The molecule has 2 aliphatic heterocycles. The van der Waals surface area contributed by atoms with Crippen LogP contribution in [0.2, 0.25) is 0 Å². The van der Waals surface area contributed by atoms with E-state index >= 15 is 0 Å². The van der Waals surface area contributed by atoms with Crippen LogP contribution >= 0.6 is 11.3 Å². The fraction of sp³-hybridized carbons (Fsp3) is 0.533. The van der Waals surface area contributed by atoms with Crippen LogP contribution in [0.3, 0.4) is 0 Å². The molecule has 1 N–H and O–H groups in total. The highest BCUT2D eigenvalue weighted by molar-refractivity contribution is 7.11. The Hall–Kier alpha value is -1.13. The summed E-state index contributed by atoms with van der Waals surface area (Å²) >= 11 is 1.97. The second-order valence-corrected chi connectivity index (χ2v) is 6.66. The van der Waals surface area contributed by atoms with Crippen LogP contribution in [0.1, 0.15) is 27.9 Å². The summed E-state index contributed by atoms with van der Waals surface area (Å²) in [5.74, 6) is 0.672. The molecular formula is C15H19N3S. The Bertz CT molecular complexity index is 512. The van der Waals surface area contributed by atoms with E-state index in [4.69, 9.17) is 4.98 Å². The summed E-state index contributed by atoms with van der Waals surface area (Å²) in [7, 11) is 0. The molecule has 1 fully saturated rings. The highest BCUT2D eigenvalue weighted by Crippen LogP contribution is 2.31. The summed E-state index contributed by atoms with van der Waals surface area (Å²) < 4.78 is 0. The Morgan fingerprint density at radius 3 is 2.95 bits per heavy atom. The Balaban J connectivity index is 1.50. The predicted octanol–water partition coefficient (Wildman–Crippen LogP) is 2.07. The van der Waals surface area contributed by atoms with Crippen molar-refractivity contribution in [2.45, 2.75) is 25.2 Å². The van der Waals surface area contributed by atoms with Gasteiger partial charge in [0.15, 0.2) is 0 Å². The molecule has 3 aliphatic rings. The SMILES string of the molecule is C1=CC(N2CCc3nc(C4CCNC4)sc3CC2)=C1. The molecule has 0 aromatic carbocycles. The molecule has 0 amide bonds. The molecule has 3 nitrogen and oxygen atoms in total. The predicted molar refractivity (Wildman–Crippen MR) is 78.5 cm³/mol. The standard InChI is InChI=1S/C15H19N3S/c1-2-12(3-1)18-8-5-13-14(6-9-18)19-15(17-13)11-4-7-16-10-11/h1-3,11,16H,4-10H2. The molecular weight excluding hydrogens is 254 g/mol.